The summed E-state index contributed by atoms with van der Waals surface area (Å²) in [6.45, 7) is 4.74. The van der Waals surface area contributed by atoms with Gasteiger partial charge < -0.3 is 9.30 Å². The maximum Gasteiger partial charge on any atom is 0.192 e. The fourth-order valence-corrected chi connectivity index (χ4v) is 4.78. The molecule has 1 aliphatic rings. The van der Waals surface area contributed by atoms with Crippen LogP contribution in [0, 0.1) is 0 Å². The van der Waals surface area contributed by atoms with Gasteiger partial charge >= 0.3 is 0 Å². The van der Waals surface area contributed by atoms with Crippen LogP contribution in [0.1, 0.15) is 41.8 Å². The Bertz CT molecular complexity index is 1030. The fourth-order valence-electron chi connectivity index (χ4n) is 3.79. The van der Waals surface area contributed by atoms with Crippen molar-refractivity contribution >= 4 is 17.5 Å². The molecule has 29 heavy (non-hydrogen) atoms. The second kappa shape index (κ2) is 8.41. The number of hydrogen-bond donors (Lipinski definition) is 0. The molecule has 0 fully saturated rings. The van der Waals surface area contributed by atoms with Crippen LogP contribution in [0.4, 0.5) is 0 Å². The Morgan fingerprint density at radius 1 is 1.14 bits per heavy atom. The maximum atomic E-state index is 13.0. The van der Waals surface area contributed by atoms with E-state index in [2.05, 4.69) is 33.8 Å². The molecule has 0 unspecified atom stereocenters. The predicted octanol–water partition coefficient (Wildman–Crippen LogP) is 4.83. The standard InChI is InChI=1S/C23H25N3O2S/c1-4-26-22(17-10-12-20(28-3)13-11-17)24-25-23(26)29-15(2)21(27)19-9-8-16-6-5-7-18(16)14-19/h8-15H,4-7H2,1-3H3/t15-/m1/s1. The molecule has 0 aliphatic heterocycles. The van der Waals surface area contributed by atoms with Crippen molar-refractivity contribution in [1.29, 1.82) is 0 Å². The van der Waals surface area contributed by atoms with Gasteiger partial charge in [0.25, 0.3) is 0 Å². The third kappa shape index (κ3) is 3.94. The van der Waals surface area contributed by atoms with E-state index >= 15 is 0 Å². The lowest BCUT2D eigenvalue weighted by Gasteiger charge is -2.12. The van der Waals surface area contributed by atoms with Gasteiger partial charge in [-0.25, -0.2) is 0 Å². The Morgan fingerprint density at radius 3 is 2.62 bits per heavy atom. The quantitative estimate of drug-likeness (QED) is 0.415. The van der Waals surface area contributed by atoms with Gasteiger partial charge in [0, 0.05) is 17.7 Å². The number of ether oxygens (including phenoxy) is 1. The molecule has 2 aromatic carbocycles. The first-order chi connectivity index (χ1) is 14.1. The number of rotatable bonds is 7. The molecule has 0 spiro atoms. The number of carbonyl (C=O) groups excluding carboxylic acids is 1. The van der Waals surface area contributed by atoms with Crippen LogP contribution in [-0.4, -0.2) is 32.9 Å². The minimum atomic E-state index is -0.229. The van der Waals surface area contributed by atoms with Gasteiger partial charge in [0.1, 0.15) is 5.75 Å². The van der Waals surface area contributed by atoms with Crippen molar-refractivity contribution in [3.63, 3.8) is 0 Å². The van der Waals surface area contributed by atoms with Gasteiger partial charge in [0.05, 0.1) is 12.4 Å². The first kappa shape index (κ1) is 19.7. The molecule has 0 saturated heterocycles. The number of Topliss-reactive ketones (excluding diaryl/α,β-unsaturated/α-hetero) is 1. The zero-order valence-corrected chi connectivity index (χ0v) is 17.8. The second-order valence-corrected chi connectivity index (χ2v) is 8.55. The highest BCUT2D eigenvalue weighted by molar-refractivity contribution is 8.00. The summed E-state index contributed by atoms with van der Waals surface area (Å²) >= 11 is 1.47. The number of aromatic nitrogens is 3. The van der Waals surface area contributed by atoms with Crippen LogP contribution < -0.4 is 4.74 Å². The summed E-state index contributed by atoms with van der Waals surface area (Å²) < 4.78 is 7.29. The Hall–Kier alpha value is -2.60. The van der Waals surface area contributed by atoms with E-state index in [4.69, 9.17) is 4.74 Å². The lowest BCUT2D eigenvalue weighted by Crippen LogP contribution is -2.15. The molecule has 1 heterocycles. The van der Waals surface area contributed by atoms with Gasteiger partial charge in [-0.15, -0.1) is 10.2 Å². The molecule has 0 radical (unpaired) electrons. The molecule has 6 heteroatoms. The van der Waals surface area contributed by atoms with Crippen LogP contribution in [0.3, 0.4) is 0 Å². The molecule has 5 nitrogen and oxygen atoms in total. The van der Waals surface area contributed by atoms with Crippen LogP contribution in [0.15, 0.2) is 47.6 Å². The van der Waals surface area contributed by atoms with E-state index in [1.165, 1.54) is 29.3 Å². The molecule has 1 atom stereocenters. The predicted molar refractivity (Wildman–Crippen MR) is 116 cm³/mol. The van der Waals surface area contributed by atoms with E-state index in [9.17, 15) is 4.79 Å². The first-order valence-corrected chi connectivity index (χ1v) is 10.9. The number of fused-ring (bicyclic) bond motifs is 1. The molecule has 1 aromatic heterocycles. The number of carbonyl (C=O) groups is 1. The molecular weight excluding hydrogens is 382 g/mol. The minimum Gasteiger partial charge on any atom is -0.497 e. The van der Waals surface area contributed by atoms with Gasteiger partial charge in [-0.3, -0.25) is 4.79 Å². The normalized spacial score (nSPS) is 13.9. The monoisotopic (exact) mass is 407 g/mol. The molecule has 3 aromatic rings. The Labute approximate surface area is 175 Å². The molecule has 4 rings (SSSR count). The third-order valence-corrected chi connectivity index (χ3v) is 6.50. The summed E-state index contributed by atoms with van der Waals surface area (Å²) in [5, 5.41) is 9.29. The highest BCUT2D eigenvalue weighted by Crippen LogP contribution is 2.30. The molecule has 0 N–H and O–H groups in total. The van der Waals surface area contributed by atoms with Crippen LogP contribution in [0.25, 0.3) is 11.4 Å². The average molecular weight is 408 g/mol. The molecule has 0 saturated carbocycles. The third-order valence-electron chi connectivity index (χ3n) is 5.42. The summed E-state index contributed by atoms with van der Waals surface area (Å²) in [6, 6.07) is 13.9. The summed E-state index contributed by atoms with van der Waals surface area (Å²) in [5.74, 6) is 1.75. The van der Waals surface area contributed by atoms with Crippen molar-refractivity contribution in [2.24, 2.45) is 0 Å². The van der Waals surface area contributed by atoms with Crippen LogP contribution >= 0.6 is 11.8 Å². The largest absolute Gasteiger partial charge is 0.497 e. The summed E-state index contributed by atoms with van der Waals surface area (Å²) in [6.07, 6.45) is 3.39. The zero-order chi connectivity index (χ0) is 20.4. The molecule has 0 amide bonds. The fraction of sp³-hybridized carbons (Fsp3) is 0.348. The van der Waals surface area contributed by atoms with Gasteiger partial charge in [0.2, 0.25) is 0 Å². The van der Waals surface area contributed by atoms with E-state index in [0.717, 1.165) is 47.2 Å². The smallest absolute Gasteiger partial charge is 0.192 e. The van der Waals surface area contributed by atoms with Crippen molar-refractivity contribution < 1.29 is 9.53 Å². The number of thioether (sulfide) groups is 1. The maximum absolute atomic E-state index is 13.0. The van der Waals surface area contributed by atoms with Gasteiger partial charge in [-0.1, -0.05) is 23.9 Å². The van der Waals surface area contributed by atoms with E-state index in [-0.39, 0.29) is 11.0 Å². The average Bonchev–Trinajstić information content (AvgIpc) is 3.39. The summed E-state index contributed by atoms with van der Waals surface area (Å²) in [5.41, 5.74) is 4.48. The topological polar surface area (TPSA) is 57.0 Å². The van der Waals surface area contributed by atoms with Crippen LogP contribution in [0.5, 0.6) is 5.75 Å². The van der Waals surface area contributed by atoms with Gasteiger partial charge in [0.15, 0.2) is 16.8 Å². The lowest BCUT2D eigenvalue weighted by molar-refractivity contribution is 0.0993. The molecule has 150 valence electrons. The highest BCUT2D eigenvalue weighted by atomic mass is 32.2. The Morgan fingerprint density at radius 2 is 1.90 bits per heavy atom. The van der Waals surface area contributed by atoms with Crippen LogP contribution in [-0.2, 0) is 19.4 Å². The summed E-state index contributed by atoms with van der Waals surface area (Å²) in [4.78, 5) is 13.0. The van der Waals surface area contributed by atoms with Gasteiger partial charge in [-0.05, 0) is 74.6 Å². The number of ketones is 1. The minimum absolute atomic E-state index is 0.140. The zero-order valence-electron chi connectivity index (χ0n) is 17.0. The van der Waals surface area contributed by atoms with E-state index in [1.54, 1.807) is 7.11 Å². The number of nitrogens with zero attached hydrogens (tertiary/aromatic N) is 3. The Balaban J connectivity index is 1.54. The summed E-state index contributed by atoms with van der Waals surface area (Å²) in [7, 11) is 1.65. The SMILES string of the molecule is CCn1c(S[C@H](C)C(=O)c2ccc3c(c2)CCC3)nnc1-c1ccc(OC)cc1. The Kier molecular flexibility index (Phi) is 5.72. The lowest BCUT2D eigenvalue weighted by atomic mass is 10.0. The van der Waals surface area contributed by atoms with Gasteiger partial charge in [-0.2, -0.15) is 0 Å². The van der Waals surface area contributed by atoms with Crippen molar-refractivity contribution in [3.05, 3.63) is 59.2 Å². The van der Waals surface area contributed by atoms with E-state index < -0.39 is 0 Å². The number of benzene rings is 2. The molecular formula is C23H25N3O2S. The number of methoxy groups -OCH3 is 1. The number of hydrogen-bond acceptors (Lipinski definition) is 5. The van der Waals surface area contributed by atoms with Crippen molar-refractivity contribution in [2.75, 3.05) is 7.11 Å². The van der Waals surface area contributed by atoms with E-state index in [0.29, 0.717) is 0 Å². The van der Waals surface area contributed by atoms with Crippen LogP contribution in [0.2, 0.25) is 0 Å². The number of aryl methyl sites for hydroxylation is 2. The van der Waals surface area contributed by atoms with E-state index in [1.807, 2.05) is 37.3 Å². The van der Waals surface area contributed by atoms with Crippen molar-refractivity contribution in [2.45, 2.75) is 50.1 Å². The van der Waals surface area contributed by atoms with Crippen molar-refractivity contribution in [3.8, 4) is 17.1 Å². The first-order valence-electron chi connectivity index (χ1n) is 10.0. The molecule has 0 bridgehead atoms. The second-order valence-electron chi connectivity index (χ2n) is 7.24. The van der Waals surface area contributed by atoms with Crippen molar-refractivity contribution in [1.82, 2.24) is 14.8 Å². The highest BCUT2D eigenvalue weighted by Gasteiger charge is 2.22. The molecule has 1 aliphatic carbocycles.